The van der Waals surface area contributed by atoms with Crippen LogP contribution in [0.15, 0.2) is 0 Å². The minimum Gasteiger partial charge on any atom is -0.318 e. The summed E-state index contributed by atoms with van der Waals surface area (Å²) < 4.78 is 0. The lowest BCUT2D eigenvalue weighted by atomic mass is 9.96. The van der Waals surface area contributed by atoms with Crippen LogP contribution in [0.1, 0.15) is 19.8 Å². The lowest BCUT2D eigenvalue weighted by Crippen LogP contribution is -2.43. The quantitative estimate of drug-likeness (QED) is 0.590. The van der Waals surface area contributed by atoms with Crippen molar-refractivity contribution < 1.29 is 0 Å². The van der Waals surface area contributed by atoms with Crippen molar-refractivity contribution in [1.29, 1.82) is 0 Å². The van der Waals surface area contributed by atoms with Gasteiger partial charge in [-0.2, -0.15) is 0 Å². The predicted octanol–water partition coefficient (Wildman–Crippen LogP) is 0.594. The fraction of sp³-hybridized carbons (Fsp3) is 1.00. The number of hydrogen-bond donors (Lipinski definition) is 2. The largest absolute Gasteiger partial charge is 0.318 e. The molecule has 0 aliphatic carbocycles. The lowest BCUT2D eigenvalue weighted by molar-refractivity contribution is 0.323. The predicted molar refractivity (Wildman–Crippen MR) is 44.1 cm³/mol. The number of likely N-dealkylation sites (N-methyl/N-ethyl adjacent to an activating group) is 1. The fourth-order valence-corrected chi connectivity index (χ4v) is 1.48. The first-order valence-corrected chi connectivity index (χ1v) is 4.21. The average Bonchev–Trinajstić information content (AvgIpc) is 1.95. The molecule has 1 fully saturated rings. The molecule has 0 amide bonds. The zero-order valence-electron chi connectivity index (χ0n) is 6.98. The van der Waals surface area contributed by atoms with Crippen LogP contribution in [0.3, 0.4) is 0 Å². The molecule has 10 heavy (non-hydrogen) atoms. The zero-order valence-corrected chi connectivity index (χ0v) is 6.98. The molecule has 60 valence electrons. The monoisotopic (exact) mass is 142 g/mol. The molecule has 0 spiro atoms. The van der Waals surface area contributed by atoms with Gasteiger partial charge in [0.15, 0.2) is 0 Å². The summed E-state index contributed by atoms with van der Waals surface area (Å²) >= 11 is 0. The van der Waals surface area contributed by atoms with E-state index < -0.39 is 0 Å². The molecule has 0 bridgehead atoms. The third-order valence-electron chi connectivity index (χ3n) is 2.21. The maximum absolute atomic E-state index is 3.51. The molecule has 2 nitrogen and oxygen atoms in total. The summed E-state index contributed by atoms with van der Waals surface area (Å²) in [4.78, 5) is 0. The van der Waals surface area contributed by atoms with Crippen LogP contribution in [0, 0.1) is 5.92 Å². The fourth-order valence-electron chi connectivity index (χ4n) is 1.48. The molecule has 2 heteroatoms. The molecule has 1 aliphatic rings. The first-order valence-electron chi connectivity index (χ1n) is 4.21. The zero-order chi connectivity index (χ0) is 7.40. The molecule has 0 aromatic heterocycles. The molecule has 0 radical (unpaired) electrons. The smallest absolute Gasteiger partial charge is 0.0192 e. The summed E-state index contributed by atoms with van der Waals surface area (Å²) in [5.41, 5.74) is 0. The minimum absolute atomic E-state index is 0.723. The normalized spacial score (nSPS) is 34.2. The van der Waals surface area contributed by atoms with Gasteiger partial charge in [-0.25, -0.2) is 0 Å². The first kappa shape index (κ1) is 8.02. The third-order valence-corrected chi connectivity index (χ3v) is 2.21. The van der Waals surface area contributed by atoms with Crippen molar-refractivity contribution in [3.8, 4) is 0 Å². The van der Waals surface area contributed by atoms with E-state index in [0.29, 0.717) is 0 Å². The van der Waals surface area contributed by atoms with Crippen molar-refractivity contribution in [3.63, 3.8) is 0 Å². The Morgan fingerprint density at radius 3 is 2.80 bits per heavy atom. The molecule has 0 saturated carbocycles. The van der Waals surface area contributed by atoms with Gasteiger partial charge in [0.05, 0.1) is 0 Å². The third kappa shape index (κ3) is 2.27. The molecular formula is C8H18N2. The van der Waals surface area contributed by atoms with Crippen LogP contribution in [0.4, 0.5) is 0 Å². The Bertz CT molecular complexity index is 85.3. The van der Waals surface area contributed by atoms with Crippen LogP contribution < -0.4 is 10.6 Å². The maximum Gasteiger partial charge on any atom is 0.0192 e. The summed E-state index contributed by atoms with van der Waals surface area (Å²) in [6, 6.07) is 0.723. The summed E-state index contributed by atoms with van der Waals surface area (Å²) in [6.07, 6.45) is 2.72. The number of hydrogen-bond acceptors (Lipinski definition) is 2. The number of nitrogens with one attached hydrogen (secondary N) is 2. The van der Waals surface area contributed by atoms with E-state index in [0.717, 1.165) is 18.5 Å². The van der Waals surface area contributed by atoms with Gasteiger partial charge in [0.1, 0.15) is 0 Å². The van der Waals surface area contributed by atoms with Crippen molar-refractivity contribution in [2.75, 3.05) is 20.1 Å². The molecule has 2 atom stereocenters. The Labute approximate surface area is 63.4 Å². The van der Waals surface area contributed by atoms with E-state index in [1.807, 2.05) is 7.05 Å². The van der Waals surface area contributed by atoms with Crippen LogP contribution in [0.25, 0.3) is 0 Å². The summed E-state index contributed by atoms with van der Waals surface area (Å²) in [5.74, 6) is 0.883. The van der Waals surface area contributed by atoms with Crippen LogP contribution >= 0.6 is 0 Å². The van der Waals surface area contributed by atoms with Gasteiger partial charge in [-0.15, -0.1) is 0 Å². The van der Waals surface area contributed by atoms with Gasteiger partial charge in [-0.3, -0.25) is 0 Å². The maximum atomic E-state index is 3.51. The van der Waals surface area contributed by atoms with Gasteiger partial charge in [0.25, 0.3) is 0 Å². The van der Waals surface area contributed by atoms with Crippen LogP contribution in [0.5, 0.6) is 0 Å². The Morgan fingerprint density at radius 1 is 1.50 bits per heavy atom. The van der Waals surface area contributed by atoms with Crippen LogP contribution in [0.2, 0.25) is 0 Å². The van der Waals surface area contributed by atoms with Crippen molar-refractivity contribution in [1.82, 2.24) is 10.6 Å². The highest BCUT2D eigenvalue weighted by atomic mass is 15.0. The van der Waals surface area contributed by atoms with Crippen LogP contribution in [-0.4, -0.2) is 26.2 Å². The molecule has 0 aromatic carbocycles. The van der Waals surface area contributed by atoms with E-state index in [9.17, 15) is 0 Å². The topological polar surface area (TPSA) is 24.1 Å². The lowest BCUT2D eigenvalue weighted by Gasteiger charge is -2.27. The van der Waals surface area contributed by atoms with Gasteiger partial charge in [0, 0.05) is 12.6 Å². The van der Waals surface area contributed by atoms with Crippen molar-refractivity contribution in [2.24, 2.45) is 5.92 Å². The Balaban J connectivity index is 2.13. The number of rotatable bonds is 2. The highest BCUT2D eigenvalue weighted by molar-refractivity contribution is 4.76. The minimum atomic E-state index is 0.723. The van der Waals surface area contributed by atoms with Gasteiger partial charge < -0.3 is 10.6 Å². The van der Waals surface area contributed by atoms with E-state index in [1.165, 1.54) is 19.4 Å². The molecule has 1 rings (SSSR count). The Hall–Kier alpha value is -0.0800. The number of piperidine rings is 1. The Morgan fingerprint density at radius 2 is 2.30 bits per heavy atom. The summed E-state index contributed by atoms with van der Waals surface area (Å²) in [5, 5.41) is 6.70. The van der Waals surface area contributed by atoms with E-state index >= 15 is 0 Å². The SMILES string of the molecule is CNCC1CCC(C)CN1. The van der Waals surface area contributed by atoms with Gasteiger partial charge >= 0.3 is 0 Å². The molecule has 1 aliphatic heterocycles. The molecule has 2 N–H and O–H groups in total. The van der Waals surface area contributed by atoms with Gasteiger partial charge in [0.2, 0.25) is 0 Å². The van der Waals surface area contributed by atoms with E-state index in [-0.39, 0.29) is 0 Å². The first-order chi connectivity index (χ1) is 4.83. The second-order valence-electron chi connectivity index (χ2n) is 3.35. The van der Waals surface area contributed by atoms with Crippen molar-refractivity contribution >= 4 is 0 Å². The van der Waals surface area contributed by atoms with Gasteiger partial charge in [-0.05, 0) is 32.4 Å². The molecule has 0 aromatic rings. The van der Waals surface area contributed by atoms with E-state index in [1.54, 1.807) is 0 Å². The van der Waals surface area contributed by atoms with E-state index in [2.05, 4.69) is 17.6 Å². The van der Waals surface area contributed by atoms with Crippen molar-refractivity contribution in [2.45, 2.75) is 25.8 Å². The Kier molecular flexibility index (Phi) is 3.16. The van der Waals surface area contributed by atoms with E-state index in [4.69, 9.17) is 0 Å². The second kappa shape index (κ2) is 3.94. The highest BCUT2D eigenvalue weighted by Crippen LogP contribution is 2.12. The molecule has 1 heterocycles. The molecule has 1 saturated heterocycles. The molecular weight excluding hydrogens is 124 g/mol. The summed E-state index contributed by atoms with van der Waals surface area (Å²) in [6.45, 7) is 4.63. The molecule has 2 unspecified atom stereocenters. The summed E-state index contributed by atoms with van der Waals surface area (Å²) in [7, 11) is 2.01. The highest BCUT2D eigenvalue weighted by Gasteiger charge is 2.15. The average molecular weight is 142 g/mol. The van der Waals surface area contributed by atoms with Gasteiger partial charge in [-0.1, -0.05) is 6.92 Å². The van der Waals surface area contributed by atoms with Crippen molar-refractivity contribution in [3.05, 3.63) is 0 Å². The standard InChI is InChI=1S/C8H18N2/c1-7-3-4-8(6-9-2)10-5-7/h7-10H,3-6H2,1-2H3. The van der Waals surface area contributed by atoms with Crippen LogP contribution in [-0.2, 0) is 0 Å². The second-order valence-corrected chi connectivity index (χ2v) is 3.35.